The molecular formula is C19H22ClN3O2. The lowest BCUT2D eigenvalue weighted by Gasteiger charge is -2.21. The minimum atomic E-state index is -0.595. The number of carbonyl (C=O) groups is 1. The topological polar surface area (TPSA) is 55.3 Å². The molecule has 1 aliphatic heterocycles. The van der Waals surface area contributed by atoms with Gasteiger partial charge in [0, 0.05) is 28.7 Å². The molecule has 1 amide bonds. The van der Waals surface area contributed by atoms with Gasteiger partial charge in [0.05, 0.1) is 12.2 Å². The Morgan fingerprint density at radius 2 is 2.08 bits per heavy atom. The maximum atomic E-state index is 12.7. The Hall–Kier alpha value is -2.14. The molecule has 132 valence electrons. The van der Waals surface area contributed by atoms with Crippen molar-refractivity contribution < 1.29 is 9.53 Å². The van der Waals surface area contributed by atoms with Crippen LogP contribution in [-0.2, 0) is 23.3 Å². The fourth-order valence-electron chi connectivity index (χ4n) is 2.72. The van der Waals surface area contributed by atoms with Gasteiger partial charge in [-0.2, -0.15) is 0 Å². The second kappa shape index (κ2) is 6.64. The zero-order chi connectivity index (χ0) is 18.2. The number of amides is 1. The number of rotatable bonds is 3. The minimum absolute atomic E-state index is 0.0738. The fourth-order valence-corrected chi connectivity index (χ4v) is 2.90. The summed E-state index contributed by atoms with van der Waals surface area (Å²) in [5.74, 6) is 1.30. The van der Waals surface area contributed by atoms with Gasteiger partial charge in [0.2, 0.25) is 0 Å². The van der Waals surface area contributed by atoms with E-state index in [1.54, 1.807) is 36.1 Å². The van der Waals surface area contributed by atoms with Crippen LogP contribution in [0.25, 0.3) is 0 Å². The molecule has 0 N–H and O–H groups in total. The molecule has 1 aromatic carbocycles. The lowest BCUT2D eigenvalue weighted by Crippen LogP contribution is -2.37. The lowest BCUT2D eigenvalue weighted by atomic mass is 9.95. The molecule has 1 atom stereocenters. The van der Waals surface area contributed by atoms with Gasteiger partial charge >= 0.3 is 0 Å². The van der Waals surface area contributed by atoms with Crippen molar-refractivity contribution in [2.75, 3.05) is 0 Å². The highest BCUT2D eigenvalue weighted by Gasteiger charge is 2.30. The van der Waals surface area contributed by atoms with E-state index >= 15 is 0 Å². The lowest BCUT2D eigenvalue weighted by molar-refractivity contribution is -0.138. The van der Waals surface area contributed by atoms with E-state index in [-0.39, 0.29) is 11.3 Å². The SMILES string of the molecule is C[C@@H](Oc1cccc(Cl)c1)C(=O)N1Cc2cnc(C(C)(C)C)nc2C1. The molecule has 0 saturated carbocycles. The first-order valence-corrected chi connectivity index (χ1v) is 8.68. The van der Waals surface area contributed by atoms with E-state index in [0.29, 0.717) is 23.9 Å². The molecule has 3 rings (SSSR count). The Labute approximate surface area is 153 Å². The molecule has 0 aliphatic carbocycles. The van der Waals surface area contributed by atoms with Crippen molar-refractivity contribution in [2.24, 2.45) is 0 Å². The number of hydrogen-bond acceptors (Lipinski definition) is 4. The average Bonchev–Trinajstić information content (AvgIpc) is 2.96. The Balaban J connectivity index is 1.69. The maximum absolute atomic E-state index is 12.7. The van der Waals surface area contributed by atoms with E-state index in [2.05, 4.69) is 30.7 Å². The maximum Gasteiger partial charge on any atom is 0.264 e. The summed E-state index contributed by atoms with van der Waals surface area (Å²) in [4.78, 5) is 23.5. The molecule has 0 bridgehead atoms. The first kappa shape index (κ1) is 17.7. The van der Waals surface area contributed by atoms with Crippen molar-refractivity contribution in [3.8, 4) is 5.75 Å². The molecule has 1 aliphatic rings. The highest BCUT2D eigenvalue weighted by Crippen LogP contribution is 2.26. The smallest absolute Gasteiger partial charge is 0.264 e. The second-order valence-electron chi connectivity index (χ2n) is 7.33. The number of aromatic nitrogens is 2. The average molecular weight is 360 g/mol. The quantitative estimate of drug-likeness (QED) is 0.837. The van der Waals surface area contributed by atoms with Crippen LogP contribution in [0.5, 0.6) is 5.75 Å². The Kier molecular flexibility index (Phi) is 4.69. The summed E-state index contributed by atoms with van der Waals surface area (Å²) in [7, 11) is 0. The van der Waals surface area contributed by atoms with E-state index in [0.717, 1.165) is 17.1 Å². The third kappa shape index (κ3) is 3.93. The van der Waals surface area contributed by atoms with Gasteiger partial charge in [0.25, 0.3) is 5.91 Å². The van der Waals surface area contributed by atoms with E-state index < -0.39 is 6.10 Å². The minimum Gasteiger partial charge on any atom is -0.481 e. The number of carbonyl (C=O) groups excluding carboxylic acids is 1. The molecule has 25 heavy (non-hydrogen) atoms. The number of fused-ring (bicyclic) bond motifs is 1. The second-order valence-corrected chi connectivity index (χ2v) is 7.76. The molecule has 1 aromatic heterocycles. The van der Waals surface area contributed by atoms with Crippen molar-refractivity contribution in [2.45, 2.75) is 52.3 Å². The van der Waals surface area contributed by atoms with Gasteiger partial charge in [-0.25, -0.2) is 9.97 Å². The van der Waals surface area contributed by atoms with E-state index in [1.807, 2.05) is 6.20 Å². The van der Waals surface area contributed by atoms with E-state index in [4.69, 9.17) is 16.3 Å². The van der Waals surface area contributed by atoms with E-state index in [1.165, 1.54) is 0 Å². The number of ether oxygens (including phenoxy) is 1. The molecule has 0 saturated heterocycles. The predicted octanol–water partition coefficient (Wildman–Crippen LogP) is 3.74. The zero-order valence-corrected chi connectivity index (χ0v) is 15.7. The van der Waals surface area contributed by atoms with Crippen LogP contribution in [0.15, 0.2) is 30.5 Å². The van der Waals surface area contributed by atoms with Crippen LogP contribution in [0.2, 0.25) is 5.02 Å². The summed E-state index contributed by atoms with van der Waals surface area (Å²) in [5, 5.41) is 0.579. The molecule has 0 fully saturated rings. The van der Waals surface area contributed by atoms with Gasteiger partial charge in [0.15, 0.2) is 6.10 Å². The van der Waals surface area contributed by atoms with Gasteiger partial charge < -0.3 is 9.64 Å². The summed E-state index contributed by atoms with van der Waals surface area (Å²) in [6.45, 7) is 8.98. The van der Waals surface area contributed by atoms with Crippen molar-refractivity contribution in [1.82, 2.24) is 14.9 Å². The molecule has 0 spiro atoms. The molecule has 0 unspecified atom stereocenters. The van der Waals surface area contributed by atoms with Crippen LogP contribution in [-0.4, -0.2) is 26.9 Å². The van der Waals surface area contributed by atoms with Gasteiger partial charge in [-0.1, -0.05) is 38.4 Å². The van der Waals surface area contributed by atoms with Crippen LogP contribution >= 0.6 is 11.6 Å². The van der Waals surface area contributed by atoms with Gasteiger partial charge in [-0.05, 0) is 25.1 Å². The van der Waals surface area contributed by atoms with Gasteiger partial charge in [-0.3, -0.25) is 4.79 Å². The van der Waals surface area contributed by atoms with Crippen molar-refractivity contribution >= 4 is 17.5 Å². The molecule has 5 nitrogen and oxygen atoms in total. The molecule has 6 heteroatoms. The first-order valence-electron chi connectivity index (χ1n) is 8.30. The highest BCUT2D eigenvalue weighted by molar-refractivity contribution is 6.30. The monoisotopic (exact) mass is 359 g/mol. The molecule has 2 heterocycles. The molecule has 0 radical (unpaired) electrons. The van der Waals surface area contributed by atoms with Crippen LogP contribution in [0, 0.1) is 0 Å². The largest absolute Gasteiger partial charge is 0.481 e. The summed E-state index contributed by atoms with van der Waals surface area (Å²) >= 11 is 5.96. The standard InChI is InChI=1S/C19H22ClN3O2/c1-12(25-15-7-5-6-14(20)8-15)17(24)23-10-13-9-21-18(19(2,3)4)22-16(13)11-23/h5-9,12H,10-11H2,1-4H3/t12-/m1/s1. The third-order valence-electron chi connectivity index (χ3n) is 4.10. The van der Waals surface area contributed by atoms with Gasteiger partial charge in [-0.15, -0.1) is 0 Å². The summed E-state index contributed by atoms with van der Waals surface area (Å²) in [6.07, 6.45) is 1.24. The third-order valence-corrected chi connectivity index (χ3v) is 4.33. The van der Waals surface area contributed by atoms with Crippen molar-refractivity contribution in [1.29, 1.82) is 0 Å². The number of nitrogens with zero attached hydrogens (tertiary/aromatic N) is 3. The fraction of sp³-hybridized carbons (Fsp3) is 0.421. The first-order chi connectivity index (χ1) is 11.7. The predicted molar refractivity (Wildman–Crippen MR) is 96.5 cm³/mol. The highest BCUT2D eigenvalue weighted by atomic mass is 35.5. The number of halogens is 1. The van der Waals surface area contributed by atoms with Crippen LogP contribution in [0.4, 0.5) is 0 Å². The van der Waals surface area contributed by atoms with Gasteiger partial charge in [0.1, 0.15) is 11.6 Å². The summed E-state index contributed by atoms with van der Waals surface area (Å²) < 4.78 is 5.73. The van der Waals surface area contributed by atoms with Crippen molar-refractivity contribution in [3.05, 3.63) is 52.6 Å². The molecular weight excluding hydrogens is 338 g/mol. The van der Waals surface area contributed by atoms with Crippen molar-refractivity contribution in [3.63, 3.8) is 0 Å². The van der Waals surface area contributed by atoms with Crippen LogP contribution in [0.3, 0.4) is 0 Å². The van der Waals surface area contributed by atoms with Crippen LogP contribution < -0.4 is 4.74 Å². The van der Waals surface area contributed by atoms with Crippen LogP contribution in [0.1, 0.15) is 44.8 Å². The van der Waals surface area contributed by atoms with E-state index in [9.17, 15) is 4.79 Å². The Morgan fingerprint density at radius 3 is 2.76 bits per heavy atom. The summed E-state index contributed by atoms with van der Waals surface area (Å²) in [5.41, 5.74) is 1.80. The number of hydrogen-bond donors (Lipinski definition) is 0. The number of benzene rings is 1. The Bertz CT molecular complexity index is 801. The molecule has 2 aromatic rings. The Morgan fingerprint density at radius 1 is 1.32 bits per heavy atom. The zero-order valence-electron chi connectivity index (χ0n) is 14.9. The summed E-state index contributed by atoms with van der Waals surface area (Å²) in [6, 6.07) is 7.05. The normalized spacial score (nSPS) is 15.0.